The number of thioether (sulfide) groups is 2. The van der Waals surface area contributed by atoms with Gasteiger partial charge in [0, 0.05) is 15.9 Å². The summed E-state index contributed by atoms with van der Waals surface area (Å²) in [7, 11) is 0. The first kappa shape index (κ1) is 23.0. The number of phenols is 1. The van der Waals surface area contributed by atoms with Gasteiger partial charge in [-0.2, -0.15) is 0 Å². The molecule has 5 rings (SSSR count). The maximum Gasteiger partial charge on any atom is 0.238 e. The molecule has 1 aromatic heterocycles. The Balaban J connectivity index is 1.42. The molecule has 9 heteroatoms. The summed E-state index contributed by atoms with van der Waals surface area (Å²) in [4.78, 5) is 16.6. The van der Waals surface area contributed by atoms with Crippen molar-refractivity contribution in [2.75, 3.05) is 10.7 Å². The number of anilines is 1. The largest absolute Gasteiger partial charge is 0.507 e. The van der Waals surface area contributed by atoms with Gasteiger partial charge in [-0.15, -0.1) is 28.5 Å². The monoisotopic (exact) mass is 552 g/mol. The molecule has 6 nitrogen and oxygen atoms in total. The van der Waals surface area contributed by atoms with Crippen molar-refractivity contribution in [3.05, 3.63) is 83.9 Å². The summed E-state index contributed by atoms with van der Waals surface area (Å²) in [6, 6.07) is 13.2. The standard InChI is InChI=1S/C25H21BrN4O2S2/c1-2-13-29-24(17-14-16(26)11-12-20(17)31)27-28-25(29)33-15-23(32)30-18-7-3-5-9-21(18)34-22-10-6-4-8-19(22)30/h2-12,14,18,21,31H,1,13,15H2/t18-,21+/m1/s1. The zero-order valence-electron chi connectivity index (χ0n) is 18.0. The van der Waals surface area contributed by atoms with E-state index in [4.69, 9.17) is 0 Å². The quantitative estimate of drug-likeness (QED) is 0.312. The van der Waals surface area contributed by atoms with Crippen LogP contribution in [0.3, 0.4) is 0 Å². The second kappa shape index (κ2) is 9.85. The molecular formula is C25H21BrN4O2S2. The van der Waals surface area contributed by atoms with E-state index in [1.807, 2.05) is 39.8 Å². The highest BCUT2D eigenvalue weighted by Crippen LogP contribution is 2.44. The predicted octanol–water partition coefficient (Wildman–Crippen LogP) is 5.69. The number of carbonyl (C=O) groups excluding carboxylic acids is 1. The number of nitrogens with zero attached hydrogens (tertiary/aromatic N) is 4. The van der Waals surface area contributed by atoms with E-state index in [9.17, 15) is 9.90 Å². The summed E-state index contributed by atoms with van der Waals surface area (Å²) >= 11 is 6.56. The van der Waals surface area contributed by atoms with Crippen molar-refractivity contribution in [2.24, 2.45) is 0 Å². The summed E-state index contributed by atoms with van der Waals surface area (Å²) in [5.41, 5.74) is 1.50. The smallest absolute Gasteiger partial charge is 0.238 e. The van der Waals surface area contributed by atoms with Gasteiger partial charge in [0.2, 0.25) is 5.91 Å². The molecule has 1 N–H and O–H groups in total. The molecule has 0 spiro atoms. The van der Waals surface area contributed by atoms with Crippen LogP contribution in [0.4, 0.5) is 5.69 Å². The molecular weight excluding hydrogens is 532 g/mol. The highest BCUT2D eigenvalue weighted by molar-refractivity contribution is 9.10. The first-order valence-corrected chi connectivity index (χ1v) is 13.3. The van der Waals surface area contributed by atoms with Gasteiger partial charge >= 0.3 is 0 Å². The lowest BCUT2D eigenvalue weighted by Crippen LogP contribution is -2.48. The van der Waals surface area contributed by atoms with Gasteiger partial charge in [-0.1, -0.05) is 70.2 Å². The van der Waals surface area contributed by atoms with Crippen LogP contribution in [0.1, 0.15) is 0 Å². The van der Waals surface area contributed by atoms with E-state index in [0.717, 1.165) is 15.1 Å². The van der Waals surface area contributed by atoms with Gasteiger partial charge in [-0.25, -0.2) is 0 Å². The molecule has 1 aliphatic carbocycles. The second-order valence-corrected chi connectivity index (χ2v) is 10.8. The minimum atomic E-state index is -0.0294. The van der Waals surface area contributed by atoms with Crippen LogP contribution in [0.2, 0.25) is 0 Å². The lowest BCUT2D eigenvalue weighted by molar-refractivity contribution is -0.116. The van der Waals surface area contributed by atoms with Crippen LogP contribution in [0.25, 0.3) is 11.4 Å². The first-order chi connectivity index (χ1) is 16.6. The number of carbonyl (C=O) groups is 1. The fourth-order valence-corrected chi connectivity index (χ4v) is 6.48. The number of rotatable bonds is 6. The molecule has 0 saturated carbocycles. The molecule has 2 atom stereocenters. The number of aromatic nitrogens is 3. The van der Waals surface area contributed by atoms with E-state index >= 15 is 0 Å². The fraction of sp³-hybridized carbons (Fsp3) is 0.160. The second-order valence-electron chi connectivity index (χ2n) is 7.73. The average Bonchev–Trinajstić information content (AvgIpc) is 3.25. The van der Waals surface area contributed by atoms with Crippen molar-refractivity contribution in [1.29, 1.82) is 0 Å². The van der Waals surface area contributed by atoms with Crippen LogP contribution in [-0.2, 0) is 11.3 Å². The van der Waals surface area contributed by atoms with Crippen molar-refractivity contribution >= 4 is 51.0 Å². The number of fused-ring (bicyclic) bond motifs is 2. The Bertz CT molecular complexity index is 1320. The summed E-state index contributed by atoms with van der Waals surface area (Å²) in [5.74, 6) is 0.847. The van der Waals surface area contributed by atoms with Gasteiger partial charge in [0.05, 0.1) is 28.3 Å². The molecule has 1 aliphatic heterocycles. The molecule has 3 aromatic rings. The number of phenolic OH excluding ortho intramolecular Hbond substituents is 1. The third-order valence-electron chi connectivity index (χ3n) is 5.56. The van der Waals surface area contributed by atoms with Crippen LogP contribution in [0.15, 0.2) is 93.9 Å². The number of hydrogen-bond donors (Lipinski definition) is 1. The predicted molar refractivity (Wildman–Crippen MR) is 141 cm³/mol. The summed E-state index contributed by atoms with van der Waals surface area (Å²) in [6.45, 7) is 4.29. The van der Waals surface area contributed by atoms with E-state index in [1.165, 1.54) is 11.8 Å². The Morgan fingerprint density at radius 1 is 1.21 bits per heavy atom. The molecule has 172 valence electrons. The Hall–Kier alpha value is -2.75. The molecule has 1 amide bonds. The minimum absolute atomic E-state index is 0.00714. The number of amides is 1. The van der Waals surface area contributed by atoms with Gasteiger partial charge in [0.25, 0.3) is 0 Å². The topological polar surface area (TPSA) is 71.2 Å². The molecule has 0 saturated heterocycles. The van der Waals surface area contributed by atoms with Gasteiger partial charge in [0.1, 0.15) is 5.75 Å². The van der Waals surface area contributed by atoms with Crippen molar-refractivity contribution in [2.45, 2.75) is 27.9 Å². The molecule has 2 aliphatic rings. The number of allylic oxidation sites excluding steroid dienone is 3. The lowest BCUT2D eigenvalue weighted by atomic mass is 10.0. The van der Waals surface area contributed by atoms with Gasteiger partial charge in [-0.3, -0.25) is 9.36 Å². The van der Waals surface area contributed by atoms with E-state index in [-0.39, 0.29) is 28.7 Å². The molecule has 0 fully saturated rings. The first-order valence-electron chi connectivity index (χ1n) is 10.7. The third kappa shape index (κ3) is 4.35. The van der Waals surface area contributed by atoms with Crippen LogP contribution in [-0.4, -0.2) is 42.8 Å². The molecule has 34 heavy (non-hydrogen) atoms. The number of halogens is 1. The van der Waals surface area contributed by atoms with Crippen LogP contribution >= 0.6 is 39.5 Å². The molecule has 2 aromatic carbocycles. The Morgan fingerprint density at radius 2 is 2.03 bits per heavy atom. The summed E-state index contributed by atoms with van der Waals surface area (Å²) in [5, 5.41) is 19.8. The van der Waals surface area contributed by atoms with Gasteiger partial charge < -0.3 is 10.0 Å². The van der Waals surface area contributed by atoms with Crippen LogP contribution in [0.5, 0.6) is 5.75 Å². The van der Waals surface area contributed by atoms with Crippen LogP contribution < -0.4 is 4.90 Å². The number of aromatic hydroxyl groups is 1. The number of benzene rings is 2. The number of hydrogen-bond acceptors (Lipinski definition) is 6. The lowest BCUT2D eigenvalue weighted by Gasteiger charge is -2.40. The highest BCUT2D eigenvalue weighted by Gasteiger charge is 2.36. The van der Waals surface area contributed by atoms with Crippen molar-refractivity contribution in [3.8, 4) is 17.1 Å². The fourth-order valence-electron chi connectivity index (χ4n) is 4.05. The van der Waals surface area contributed by atoms with Crippen LogP contribution in [0, 0.1) is 0 Å². The van der Waals surface area contributed by atoms with E-state index in [0.29, 0.717) is 23.1 Å². The zero-order chi connectivity index (χ0) is 23.7. The van der Waals surface area contributed by atoms with Gasteiger partial charge in [0.15, 0.2) is 11.0 Å². The van der Waals surface area contributed by atoms with E-state index < -0.39 is 0 Å². The SMILES string of the molecule is C=CCn1c(SCC(=O)N2c3ccccc3S[C@H]3C=CC=C[C@H]32)nnc1-c1cc(Br)ccc1O. The maximum atomic E-state index is 13.5. The highest BCUT2D eigenvalue weighted by atomic mass is 79.9. The average molecular weight is 554 g/mol. The summed E-state index contributed by atoms with van der Waals surface area (Å²) in [6.07, 6.45) is 10.0. The summed E-state index contributed by atoms with van der Waals surface area (Å²) < 4.78 is 2.68. The van der Waals surface area contributed by atoms with Gasteiger partial charge in [-0.05, 0) is 30.3 Å². The maximum absolute atomic E-state index is 13.5. The van der Waals surface area contributed by atoms with Crippen molar-refractivity contribution < 1.29 is 9.90 Å². The van der Waals surface area contributed by atoms with E-state index in [1.54, 1.807) is 36.0 Å². The minimum Gasteiger partial charge on any atom is -0.507 e. The van der Waals surface area contributed by atoms with E-state index in [2.05, 4.69) is 50.9 Å². The molecule has 0 bridgehead atoms. The zero-order valence-corrected chi connectivity index (χ0v) is 21.3. The van der Waals surface area contributed by atoms with Crippen molar-refractivity contribution in [1.82, 2.24) is 14.8 Å². The normalized spacial score (nSPS) is 18.4. The Morgan fingerprint density at radius 3 is 2.88 bits per heavy atom. The Kier molecular flexibility index (Phi) is 6.67. The number of para-hydroxylation sites is 1. The third-order valence-corrected chi connectivity index (χ3v) is 8.32. The molecule has 0 radical (unpaired) electrons. The molecule has 2 heterocycles. The van der Waals surface area contributed by atoms with Crippen molar-refractivity contribution in [3.63, 3.8) is 0 Å². The Labute approximate surface area is 214 Å². The molecule has 0 unspecified atom stereocenters.